The van der Waals surface area contributed by atoms with E-state index in [9.17, 15) is 43.2 Å². The van der Waals surface area contributed by atoms with Crippen LogP contribution >= 0.6 is 15.6 Å². The summed E-state index contributed by atoms with van der Waals surface area (Å²) in [4.78, 5) is 72.8. The second kappa shape index (κ2) is 66.6. The second-order valence-corrected chi connectivity index (χ2v) is 31.5. The summed E-state index contributed by atoms with van der Waals surface area (Å²) in [5.74, 6) is 0.200. The number of rotatable bonds is 74. The van der Waals surface area contributed by atoms with E-state index < -0.39 is 97.5 Å². The summed E-state index contributed by atoms with van der Waals surface area (Å²) in [6, 6.07) is 0. The predicted octanol–water partition coefficient (Wildman–Crippen LogP) is 22.2. The number of hydrogen-bond donors (Lipinski definition) is 3. The molecule has 0 heterocycles. The normalized spacial score (nSPS) is 14.4. The van der Waals surface area contributed by atoms with E-state index in [4.69, 9.17) is 37.0 Å². The molecule has 0 spiro atoms. The third-order valence-electron chi connectivity index (χ3n) is 18.0. The Morgan fingerprint density at radius 1 is 0.305 bits per heavy atom. The zero-order valence-corrected chi connectivity index (χ0v) is 63.9. The minimum atomic E-state index is -4.96. The predicted molar refractivity (Wildman–Crippen MR) is 386 cm³/mol. The molecule has 0 aromatic heterocycles. The number of phosphoric ester groups is 2. The van der Waals surface area contributed by atoms with Crippen LogP contribution < -0.4 is 0 Å². The zero-order valence-electron chi connectivity index (χ0n) is 62.1. The first-order valence-electron chi connectivity index (χ1n) is 39.4. The maximum Gasteiger partial charge on any atom is 0.472 e. The van der Waals surface area contributed by atoms with Crippen molar-refractivity contribution < 1.29 is 80.2 Å². The Labute approximate surface area is 581 Å². The van der Waals surface area contributed by atoms with Gasteiger partial charge in [0.25, 0.3) is 0 Å². The third-order valence-corrected chi connectivity index (χ3v) is 19.9. The fraction of sp³-hybridized carbons (Fsp3) is 0.947. The Morgan fingerprint density at radius 3 is 0.800 bits per heavy atom. The molecule has 95 heavy (non-hydrogen) atoms. The van der Waals surface area contributed by atoms with Gasteiger partial charge in [-0.15, -0.1) is 0 Å². The molecule has 0 aromatic rings. The van der Waals surface area contributed by atoms with Crippen LogP contribution in [0.4, 0.5) is 0 Å². The minimum Gasteiger partial charge on any atom is -0.462 e. The molecule has 0 saturated heterocycles. The topological polar surface area (TPSA) is 237 Å². The summed E-state index contributed by atoms with van der Waals surface area (Å²) in [7, 11) is -9.91. The summed E-state index contributed by atoms with van der Waals surface area (Å²) in [6.07, 6.45) is 52.6. The van der Waals surface area contributed by atoms with Gasteiger partial charge in [0.05, 0.1) is 26.4 Å². The monoisotopic (exact) mass is 1400 g/mol. The quantitative estimate of drug-likeness (QED) is 0.0222. The molecule has 0 fully saturated rings. The van der Waals surface area contributed by atoms with Crippen molar-refractivity contribution in [2.45, 2.75) is 407 Å². The molecular formula is C76H148O17P2. The highest BCUT2D eigenvalue weighted by Crippen LogP contribution is 2.45. The molecule has 17 nitrogen and oxygen atoms in total. The van der Waals surface area contributed by atoms with Crippen molar-refractivity contribution in [2.24, 2.45) is 17.8 Å². The maximum absolute atomic E-state index is 13.1. The molecule has 0 rings (SSSR count). The van der Waals surface area contributed by atoms with Crippen LogP contribution in [0, 0.1) is 17.8 Å². The molecule has 3 unspecified atom stereocenters. The molecule has 19 heteroatoms. The molecule has 0 aliphatic rings. The molecule has 0 saturated carbocycles. The molecule has 6 atom stereocenters. The van der Waals surface area contributed by atoms with Crippen LogP contribution in [0.3, 0.4) is 0 Å². The van der Waals surface area contributed by atoms with Crippen LogP contribution in [0.15, 0.2) is 0 Å². The highest BCUT2D eigenvalue weighted by atomic mass is 31.2. The average molecular weight is 1400 g/mol. The lowest BCUT2D eigenvalue weighted by Crippen LogP contribution is -2.30. The van der Waals surface area contributed by atoms with Crippen molar-refractivity contribution in [3.8, 4) is 0 Å². The van der Waals surface area contributed by atoms with Gasteiger partial charge in [-0.05, 0) is 43.4 Å². The molecule has 3 N–H and O–H groups in total. The SMILES string of the molecule is CCCCCCCCCCCCCCC(=O)O[C@H](COC(=O)CCCCCCCCC(C)CC)COP(=O)(O)OC[C@H](O)COP(=O)(O)OC[C@@H](COC(=O)CCCCCCCCCCCCCCCC(C)C)OC(=O)CCCCCCCCCCCCCCCCC(C)C. The summed E-state index contributed by atoms with van der Waals surface area (Å²) < 4.78 is 68.5. The van der Waals surface area contributed by atoms with E-state index in [1.54, 1.807) is 0 Å². The van der Waals surface area contributed by atoms with Crippen molar-refractivity contribution in [1.82, 2.24) is 0 Å². The van der Waals surface area contributed by atoms with Gasteiger partial charge in [0.15, 0.2) is 12.2 Å². The lowest BCUT2D eigenvalue weighted by Gasteiger charge is -2.21. The molecule has 0 aliphatic carbocycles. The fourth-order valence-electron chi connectivity index (χ4n) is 11.6. The van der Waals surface area contributed by atoms with E-state index in [0.717, 1.165) is 114 Å². The van der Waals surface area contributed by atoms with E-state index >= 15 is 0 Å². The zero-order chi connectivity index (χ0) is 70.1. The number of aliphatic hydroxyl groups is 1. The van der Waals surface area contributed by atoms with Gasteiger partial charge < -0.3 is 33.8 Å². The number of ether oxygens (including phenoxy) is 4. The van der Waals surface area contributed by atoms with Gasteiger partial charge in [0.1, 0.15) is 19.3 Å². The number of unbranched alkanes of at least 4 members (excludes halogenated alkanes) is 41. The molecule has 0 amide bonds. The maximum atomic E-state index is 13.1. The van der Waals surface area contributed by atoms with Crippen LogP contribution in [-0.4, -0.2) is 96.7 Å². The number of carbonyl (C=O) groups excluding carboxylic acids is 4. The van der Waals surface area contributed by atoms with E-state index in [2.05, 4.69) is 48.5 Å². The van der Waals surface area contributed by atoms with Gasteiger partial charge in [0, 0.05) is 25.7 Å². The number of hydrogen-bond acceptors (Lipinski definition) is 15. The Balaban J connectivity index is 5.25. The van der Waals surface area contributed by atoms with Gasteiger partial charge in [-0.1, -0.05) is 337 Å². The lowest BCUT2D eigenvalue weighted by molar-refractivity contribution is -0.161. The van der Waals surface area contributed by atoms with Crippen LogP contribution in [0.5, 0.6) is 0 Å². The van der Waals surface area contributed by atoms with Crippen molar-refractivity contribution in [1.29, 1.82) is 0 Å². The van der Waals surface area contributed by atoms with Gasteiger partial charge in [0.2, 0.25) is 0 Å². The Kier molecular flexibility index (Phi) is 65.2. The minimum absolute atomic E-state index is 0.106. The third kappa shape index (κ3) is 69.0. The van der Waals surface area contributed by atoms with Crippen molar-refractivity contribution >= 4 is 39.5 Å². The first-order chi connectivity index (χ1) is 45.8. The summed E-state index contributed by atoms with van der Waals surface area (Å²) in [5, 5.41) is 10.6. The van der Waals surface area contributed by atoms with Gasteiger partial charge in [-0.25, -0.2) is 9.13 Å². The fourth-order valence-corrected chi connectivity index (χ4v) is 13.1. The molecular weight excluding hydrogens is 1250 g/mol. The Bertz CT molecular complexity index is 1850. The van der Waals surface area contributed by atoms with Crippen LogP contribution in [0.1, 0.15) is 389 Å². The van der Waals surface area contributed by atoms with Crippen LogP contribution in [0.25, 0.3) is 0 Å². The van der Waals surface area contributed by atoms with Crippen molar-refractivity contribution in [2.75, 3.05) is 39.6 Å². The van der Waals surface area contributed by atoms with Gasteiger partial charge in [-0.2, -0.15) is 0 Å². The van der Waals surface area contributed by atoms with Crippen molar-refractivity contribution in [3.63, 3.8) is 0 Å². The van der Waals surface area contributed by atoms with Gasteiger partial charge >= 0.3 is 39.5 Å². The molecule has 0 aliphatic heterocycles. The second-order valence-electron chi connectivity index (χ2n) is 28.6. The number of phosphoric acid groups is 2. The summed E-state index contributed by atoms with van der Waals surface area (Å²) in [5.41, 5.74) is 0. The average Bonchev–Trinajstić information content (AvgIpc) is 1.45. The lowest BCUT2D eigenvalue weighted by atomic mass is 10.00. The molecule has 0 aromatic carbocycles. The summed E-state index contributed by atoms with van der Waals surface area (Å²) in [6.45, 7) is 11.9. The van der Waals surface area contributed by atoms with Crippen LogP contribution in [0.2, 0.25) is 0 Å². The highest BCUT2D eigenvalue weighted by molar-refractivity contribution is 7.47. The molecule has 564 valence electrons. The number of aliphatic hydroxyl groups excluding tert-OH is 1. The van der Waals surface area contributed by atoms with Gasteiger partial charge in [-0.3, -0.25) is 37.3 Å². The summed E-state index contributed by atoms with van der Waals surface area (Å²) >= 11 is 0. The molecule has 0 bridgehead atoms. The smallest absolute Gasteiger partial charge is 0.462 e. The Morgan fingerprint density at radius 2 is 0.537 bits per heavy atom. The van der Waals surface area contributed by atoms with E-state index in [1.807, 2.05) is 0 Å². The standard InChI is InChI=1S/C76H148O17P2/c1-8-10-11-12-13-14-15-25-31-36-45-52-59-75(80)93-72(64-87-74(79)58-51-44-39-38-42-49-56-69(7)9-2)66-91-95(84,85)89-62-70(77)61-88-94(82,83)90-65-71(63-86-73(78)57-50-43-35-30-26-22-18-20-24-29-34-41-48-55-68(5)6)92-76(81)60-53-46-37-32-27-21-17-16-19-23-28-33-40-47-54-67(3)4/h67-72,77H,8-66H2,1-7H3,(H,82,83)(H,84,85)/t69?,70-,71-,72-/m1/s1. The van der Waals surface area contributed by atoms with Crippen LogP contribution in [-0.2, 0) is 65.4 Å². The van der Waals surface area contributed by atoms with E-state index in [0.29, 0.717) is 25.7 Å². The van der Waals surface area contributed by atoms with E-state index in [1.165, 1.54) is 193 Å². The largest absolute Gasteiger partial charge is 0.472 e. The van der Waals surface area contributed by atoms with E-state index in [-0.39, 0.29) is 25.7 Å². The first-order valence-corrected chi connectivity index (χ1v) is 42.4. The van der Waals surface area contributed by atoms with Crippen molar-refractivity contribution in [3.05, 3.63) is 0 Å². The number of carbonyl (C=O) groups is 4. The molecule has 0 radical (unpaired) electrons. The Hall–Kier alpha value is -1.94. The first kappa shape index (κ1) is 93.1. The number of esters is 4. The highest BCUT2D eigenvalue weighted by Gasteiger charge is 2.30.